The van der Waals surface area contributed by atoms with E-state index < -0.39 is 20.1 Å². The van der Waals surface area contributed by atoms with Crippen LogP contribution in [-0.2, 0) is 26.6 Å². The molecule has 7 nitrogen and oxygen atoms in total. The Kier molecular flexibility index (Phi) is 14.9. The second kappa shape index (κ2) is 16.7. The van der Waals surface area contributed by atoms with Gasteiger partial charge in [0.1, 0.15) is 0 Å². The lowest BCUT2D eigenvalue weighted by Gasteiger charge is -2.20. The molecule has 0 amide bonds. The van der Waals surface area contributed by atoms with Crippen LogP contribution in [0, 0.1) is 6.92 Å². The summed E-state index contributed by atoms with van der Waals surface area (Å²) in [7, 11) is -7.21. The molecule has 36 heavy (non-hydrogen) atoms. The Hall–Kier alpha value is -1.94. The molecule has 0 aliphatic rings. The Morgan fingerprint density at radius 2 is 1.33 bits per heavy atom. The van der Waals surface area contributed by atoms with E-state index in [-0.39, 0.29) is 4.90 Å². The number of anilines is 1. The number of hydrogen-bond donors (Lipinski definition) is 2. The molecule has 9 heteroatoms. The highest BCUT2D eigenvalue weighted by molar-refractivity contribution is 7.92. The van der Waals surface area contributed by atoms with Crippen LogP contribution in [0.3, 0.4) is 0 Å². The van der Waals surface area contributed by atoms with E-state index >= 15 is 0 Å². The van der Waals surface area contributed by atoms with Gasteiger partial charge in [-0.2, -0.15) is 8.42 Å². The minimum atomic E-state index is -4.02. The zero-order valence-corrected chi connectivity index (χ0v) is 23.9. The third-order valence-electron chi connectivity index (χ3n) is 5.79. The first-order valence-electron chi connectivity index (χ1n) is 12.8. The van der Waals surface area contributed by atoms with Crippen LogP contribution in [0.15, 0.2) is 53.4 Å². The summed E-state index contributed by atoms with van der Waals surface area (Å²) in [5.41, 5.74) is 2.85. The molecule has 0 aromatic heterocycles. The van der Waals surface area contributed by atoms with Gasteiger partial charge in [0.05, 0.1) is 11.2 Å². The number of rotatable bonds is 15. The van der Waals surface area contributed by atoms with Gasteiger partial charge >= 0.3 is 0 Å². The molecule has 0 fully saturated rings. The molecule has 2 N–H and O–H groups in total. The summed E-state index contributed by atoms with van der Waals surface area (Å²) in [6.07, 6.45) is 11.3. The summed E-state index contributed by atoms with van der Waals surface area (Å²) in [6.45, 7) is 9.89. The average molecular weight is 541 g/mol. The van der Waals surface area contributed by atoms with Gasteiger partial charge in [-0.3, -0.25) is 9.27 Å². The van der Waals surface area contributed by atoms with Crippen molar-refractivity contribution in [1.82, 2.24) is 4.90 Å². The lowest BCUT2D eigenvalue weighted by molar-refractivity contribution is 0.275. The van der Waals surface area contributed by atoms with Crippen molar-refractivity contribution in [2.24, 2.45) is 0 Å². The van der Waals surface area contributed by atoms with Crippen LogP contribution in [0.2, 0.25) is 0 Å². The SMILES string of the molecule is CCCCCCCN(CC)CCCCc1ccc(NS(C)(=O)=O)cc1.Cc1ccc(S(=O)(=O)O)cc1. The van der Waals surface area contributed by atoms with Crippen molar-refractivity contribution in [2.45, 2.75) is 77.0 Å². The molecule has 0 atom stereocenters. The molecule has 0 aliphatic heterocycles. The Morgan fingerprint density at radius 1 is 0.778 bits per heavy atom. The summed E-state index contributed by atoms with van der Waals surface area (Å²) in [6, 6.07) is 13.7. The molecule has 0 saturated carbocycles. The largest absolute Gasteiger partial charge is 0.304 e. The second-order valence-electron chi connectivity index (χ2n) is 9.16. The number of nitrogens with zero attached hydrogens (tertiary/aromatic N) is 1. The molecule has 0 aliphatic carbocycles. The van der Waals surface area contributed by atoms with Crippen molar-refractivity contribution >= 4 is 25.8 Å². The Bertz CT molecular complexity index is 1070. The summed E-state index contributed by atoms with van der Waals surface area (Å²) in [4.78, 5) is 2.49. The normalized spacial score (nSPS) is 11.7. The molecule has 2 aromatic carbocycles. The topological polar surface area (TPSA) is 104 Å². The van der Waals surface area contributed by atoms with Gasteiger partial charge in [0.2, 0.25) is 10.0 Å². The van der Waals surface area contributed by atoms with E-state index in [2.05, 4.69) is 23.5 Å². The maximum atomic E-state index is 11.2. The van der Waals surface area contributed by atoms with Crippen LogP contribution in [0.5, 0.6) is 0 Å². The lowest BCUT2D eigenvalue weighted by Crippen LogP contribution is -2.25. The average Bonchev–Trinajstić information content (AvgIpc) is 2.80. The number of sulfonamides is 1. The van der Waals surface area contributed by atoms with Gasteiger partial charge in [0, 0.05) is 5.69 Å². The monoisotopic (exact) mass is 540 g/mol. The zero-order valence-electron chi connectivity index (χ0n) is 22.2. The number of benzene rings is 2. The van der Waals surface area contributed by atoms with Gasteiger partial charge in [-0.15, -0.1) is 0 Å². The molecule has 0 bridgehead atoms. The minimum Gasteiger partial charge on any atom is -0.304 e. The number of unbranched alkanes of at least 4 members (excludes halogenated alkanes) is 5. The summed E-state index contributed by atoms with van der Waals surface area (Å²) < 4.78 is 54.4. The lowest BCUT2D eigenvalue weighted by atomic mass is 10.1. The van der Waals surface area contributed by atoms with Crippen LogP contribution < -0.4 is 4.72 Å². The van der Waals surface area contributed by atoms with Crippen LogP contribution in [0.4, 0.5) is 5.69 Å². The van der Waals surface area contributed by atoms with E-state index in [1.165, 1.54) is 82.0 Å². The van der Waals surface area contributed by atoms with E-state index in [9.17, 15) is 16.8 Å². The van der Waals surface area contributed by atoms with Crippen molar-refractivity contribution in [3.05, 3.63) is 59.7 Å². The third-order valence-corrected chi connectivity index (χ3v) is 7.27. The minimum absolute atomic E-state index is 0.0666. The predicted octanol–water partition coefficient (Wildman–Crippen LogP) is 5.91. The molecule has 0 unspecified atom stereocenters. The predicted molar refractivity (Wildman–Crippen MR) is 150 cm³/mol. The fourth-order valence-electron chi connectivity index (χ4n) is 3.70. The first-order chi connectivity index (χ1) is 16.9. The Labute approximate surface area is 219 Å². The van der Waals surface area contributed by atoms with Crippen molar-refractivity contribution in [3.63, 3.8) is 0 Å². The fraction of sp³-hybridized carbons (Fsp3) is 0.556. The van der Waals surface area contributed by atoms with E-state index in [0.29, 0.717) is 5.69 Å². The summed E-state index contributed by atoms with van der Waals surface area (Å²) in [5.74, 6) is 0. The molecule has 0 spiro atoms. The molecule has 2 rings (SSSR count). The molecule has 2 aromatic rings. The van der Waals surface area contributed by atoms with Gasteiger partial charge < -0.3 is 4.90 Å². The van der Waals surface area contributed by atoms with E-state index in [4.69, 9.17) is 4.55 Å². The van der Waals surface area contributed by atoms with Gasteiger partial charge in [-0.25, -0.2) is 8.42 Å². The Morgan fingerprint density at radius 3 is 1.83 bits per heavy atom. The van der Waals surface area contributed by atoms with Crippen LogP contribution in [0.25, 0.3) is 0 Å². The quantitative estimate of drug-likeness (QED) is 0.215. The standard InChI is InChI=1S/C20H36N2O2S.C7H8O3S/c1-4-6-7-8-10-17-22(5-2)18-11-9-12-19-13-15-20(16-14-19)21-25(3,23)24;1-6-2-4-7(5-3-6)11(8,9)10/h13-16,21H,4-12,17-18H2,1-3H3;2-5H,1H3,(H,8,9,10). The van der Waals surface area contributed by atoms with Gasteiger partial charge in [0.15, 0.2) is 0 Å². The van der Waals surface area contributed by atoms with Crippen LogP contribution in [0.1, 0.15) is 69.9 Å². The van der Waals surface area contributed by atoms with E-state index in [0.717, 1.165) is 18.5 Å². The van der Waals surface area contributed by atoms with Crippen molar-refractivity contribution in [1.29, 1.82) is 0 Å². The first-order valence-corrected chi connectivity index (χ1v) is 16.1. The van der Waals surface area contributed by atoms with Crippen molar-refractivity contribution in [3.8, 4) is 0 Å². The van der Waals surface area contributed by atoms with Crippen LogP contribution >= 0.6 is 0 Å². The molecule has 204 valence electrons. The highest BCUT2D eigenvalue weighted by atomic mass is 32.2. The van der Waals surface area contributed by atoms with E-state index in [1.807, 2.05) is 31.2 Å². The highest BCUT2D eigenvalue weighted by Crippen LogP contribution is 2.13. The van der Waals surface area contributed by atoms with Crippen molar-refractivity contribution < 1.29 is 21.4 Å². The van der Waals surface area contributed by atoms with Crippen molar-refractivity contribution in [2.75, 3.05) is 30.6 Å². The van der Waals surface area contributed by atoms with E-state index in [1.54, 1.807) is 12.1 Å². The Balaban J connectivity index is 0.000000488. The summed E-state index contributed by atoms with van der Waals surface area (Å²) >= 11 is 0. The summed E-state index contributed by atoms with van der Waals surface area (Å²) in [5, 5.41) is 0. The zero-order chi connectivity index (χ0) is 27.0. The maximum Gasteiger partial charge on any atom is 0.294 e. The van der Waals surface area contributed by atoms with Gasteiger partial charge in [-0.1, -0.05) is 69.4 Å². The highest BCUT2D eigenvalue weighted by Gasteiger charge is 2.07. The molecule has 0 radical (unpaired) electrons. The van der Waals surface area contributed by atoms with Crippen LogP contribution in [-0.4, -0.2) is 52.2 Å². The smallest absolute Gasteiger partial charge is 0.294 e. The molecule has 0 heterocycles. The molecular formula is C27H44N2O5S2. The maximum absolute atomic E-state index is 11.2. The van der Waals surface area contributed by atoms with Gasteiger partial charge in [0.25, 0.3) is 10.1 Å². The first kappa shape index (κ1) is 32.1. The molecular weight excluding hydrogens is 496 g/mol. The fourth-order valence-corrected chi connectivity index (χ4v) is 4.74. The number of hydrogen-bond acceptors (Lipinski definition) is 5. The number of nitrogens with one attached hydrogen (secondary N) is 1. The van der Waals surface area contributed by atoms with Gasteiger partial charge in [-0.05, 0) is 82.1 Å². The third kappa shape index (κ3) is 15.2. The number of aryl methyl sites for hydroxylation is 2. The molecule has 0 saturated heterocycles. The second-order valence-corrected chi connectivity index (χ2v) is 12.3.